The molecular formula is C11H17ClN2. The lowest BCUT2D eigenvalue weighted by Gasteiger charge is -2.13. The van der Waals surface area contributed by atoms with Crippen molar-refractivity contribution in [1.29, 1.82) is 0 Å². The predicted molar refractivity (Wildman–Crippen MR) is 61.8 cm³/mol. The van der Waals surface area contributed by atoms with Crippen LogP contribution in [0.15, 0.2) is 24.5 Å². The fourth-order valence-electron chi connectivity index (χ4n) is 1.29. The molecule has 0 saturated heterocycles. The van der Waals surface area contributed by atoms with Gasteiger partial charge in [-0.15, -0.1) is 11.6 Å². The molecule has 0 aliphatic heterocycles. The van der Waals surface area contributed by atoms with Crippen LogP contribution in [0.1, 0.15) is 20.3 Å². The summed E-state index contributed by atoms with van der Waals surface area (Å²) in [5, 5.41) is 3.48. The summed E-state index contributed by atoms with van der Waals surface area (Å²) in [7, 11) is 0. The molecule has 14 heavy (non-hydrogen) atoms. The van der Waals surface area contributed by atoms with Crippen LogP contribution in [0.5, 0.6) is 0 Å². The minimum atomic E-state index is 0.197. The first-order chi connectivity index (χ1) is 6.68. The summed E-state index contributed by atoms with van der Waals surface area (Å²) in [6.45, 7) is 5.17. The Labute approximate surface area is 90.7 Å². The highest BCUT2D eigenvalue weighted by Crippen LogP contribution is 2.12. The summed E-state index contributed by atoms with van der Waals surface area (Å²) in [5.74, 6) is 0.650. The number of pyridine rings is 1. The van der Waals surface area contributed by atoms with Gasteiger partial charge in [-0.05, 0) is 24.5 Å². The van der Waals surface area contributed by atoms with Crippen molar-refractivity contribution in [2.24, 2.45) is 5.92 Å². The van der Waals surface area contributed by atoms with Gasteiger partial charge in [-0.3, -0.25) is 4.98 Å². The van der Waals surface area contributed by atoms with Crippen LogP contribution in [0.25, 0.3) is 0 Å². The molecule has 1 unspecified atom stereocenters. The quantitative estimate of drug-likeness (QED) is 0.759. The van der Waals surface area contributed by atoms with E-state index >= 15 is 0 Å². The molecule has 3 heteroatoms. The summed E-state index contributed by atoms with van der Waals surface area (Å²) < 4.78 is 0. The van der Waals surface area contributed by atoms with Crippen LogP contribution in [0.2, 0.25) is 0 Å². The molecule has 0 saturated carbocycles. The number of anilines is 1. The Hall–Kier alpha value is -0.760. The van der Waals surface area contributed by atoms with Crippen molar-refractivity contribution in [2.45, 2.75) is 25.6 Å². The average molecular weight is 213 g/mol. The minimum absolute atomic E-state index is 0.197. The number of halogens is 1. The van der Waals surface area contributed by atoms with Crippen LogP contribution in [0.4, 0.5) is 5.69 Å². The highest BCUT2D eigenvalue weighted by atomic mass is 35.5. The maximum atomic E-state index is 6.15. The fraction of sp³-hybridized carbons (Fsp3) is 0.545. The van der Waals surface area contributed by atoms with Crippen molar-refractivity contribution in [2.75, 3.05) is 11.9 Å². The molecule has 0 aromatic carbocycles. The SMILES string of the molecule is CC(C)CC(Cl)CNc1ccncc1. The van der Waals surface area contributed by atoms with Crippen molar-refractivity contribution in [3.63, 3.8) is 0 Å². The van der Waals surface area contributed by atoms with Gasteiger partial charge in [0.2, 0.25) is 0 Å². The molecule has 1 aromatic heterocycles. The van der Waals surface area contributed by atoms with E-state index in [-0.39, 0.29) is 5.38 Å². The Balaban J connectivity index is 2.27. The number of nitrogens with zero attached hydrogens (tertiary/aromatic N) is 1. The van der Waals surface area contributed by atoms with E-state index in [0.29, 0.717) is 5.92 Å². The molecule has 0 bridgehead atoms. The van der Waals surface area contributed by atoms with E-state index in [0.717, 1.165) is 18.7 Å². The van der Waals surface area contributed by atoms with E-state index < -0.39 is 0 Å². The summed E-state index contributed by atoms with van der Waals surface area (Å²) in [4.78, 5) is 3.95. The van der Waals surface area contributed by atoms with Crippen molar-refractivity contribution in [3.8, 4) is 0 Å². The van der Waals surface area contributed by atoms with Crippen molar-refractivity contribution in [3.05, 3.63) is 24.5 Å². The first-order valence-electron chi connectivity index (χ1n) is 4.96. The lowest BCUT2D eigenvalue weighted by molar-refractivity contribution is 0.572. The second kappa shape index (κ2) is 5.86. The first-order valence-corrected chi connectivity index (χ1v) is 5.40. The maximum Gasteiger partial charge on any atom is 0.0511 e. The first kappa shape index (κ1) is 11.3. The van der Waals surface area contributed by atoms with Gasteiger partial charge < -0.3 is 5.32 Å². The summed E-state index contributed by atoms with van der Waals surface area (Å²) in [5.41, 5.74) is 1.08. The second-order valence-electron chi connectivity index (χ2n) is 3.84. The lowest BCUT2D eigenvalue weighted by atomic mass is 10.1. The summed E-state index contributed by atoms with van der Waals surface area (Å²) in [6.07, 6.45) is 4.58. The fourth-order valence-corrected chi connectivity index (χ4v) is 1.73. The van der Waals surface area contributed by atoms with Gasteiger partial charge in [0, 0.05) is 24.6 Å². The van der Waals surface area contributed by atoms with E-state index in [9.17, 15) is 0 Å². The Morgan fingerprint density at radius 1 is 1.36 bits per heavy atom. The van der Waals surface area contributed by atoms with Crippen LogP contribution >= 0.6 is 11.6 Å². The second-order valence-corrected chi connectivity index (χ2v) is 4.46. The van der Waals surface area contributed by atoms with E-state index in [1.807, 2.05) is 12.1 Å². The van der Waals surface area contributed by atoms with Gasteiger partial charge in [-0.25, -0.2) is 0 Å². The molecule has 1 aromatic rings. The molecular weight excluding hydrogens is 196 g/mol. The van der Waals surface area contributed by atoms with E-state index in [2.05, 4.69) is 24.1 Å². The van der Waals surface area contributed by atoms with Crippen LogP contribution in [0, 0.1) is 5.92 Å². The molecule has 78 valence electrons. The topological polar surface area (TPSA) is 24.9 Å². The smallest absolute Gasteiger partial charge is 0.0511 e. The molecule has 0 aliphatic rings. The predicted octanol–water partition coefficient (Wildman–Crippen LogP) is 3.15. The van der Waals surface area contributed by atoms with Crippen LogP contribution < -0.4 is 5.32 Å². The van der Waals surface area contributed by atoms with Gasteiger partial charge in [0.1, 0.15) is 0 Å². The monoisotopic (exact) mass is 212 g/mol. The lowest BCUT2D eigenvalue weighted by Crippen LogP contribution is -2.16. The third-order valence-corrected chi connectivity index (χ3v) is 2.27. The number of aromatic nitrogens is 1. The highest BCUT2D eigenvalue weighted by molar-refractivity contribution is 6.20. The highest BCUT2D eigenvalue weighted by Gasteiger charge is 2.06. The molecule has 0 aliphatic carbocycles. The zero-order chi connectivity index (χ0) is 10.4. The van der Waals surface area contributed by atoms with Gasteiger partial charge in [0.15, 0.2) is 0 Å². The zero-order valence-electron chi connectivity index (χ0n) is 8.70. The molecule has 2 nitrogen and oxygen atoms in total. The number of nitrogens with one attached hydrogen (secondary N) is 1. The van der Waals surface area contributed by atoms with E-state index in [1.165, 1.54) is 0 Å². The molecule has 0 radical (unpaired) electrons. The number of hydrogen-bond donors (Lipinski definition) is 1. The standard InChI is InChI=1S/C11H17ClN2/c1-9(2)7-10(12)8-14-11-3-5-13-6-4-11/h3-6,9-10H,7-8H2,1-2H3,(H,13,14). The Morgan fingerprint density at radius 3 is 2.57 bits per heavy atom. The summed E-state index contributed by atoms with van der Waals surface area (Å²) >= 11 is 6.15. The zero-order valence-corrected chi connectivity index (χ0v) is 9.46. The largest absolute Gasteiger partial charge is 0.383 e. The van der Waals surface area contributed by atoms with Crippen LogP contribution in [0.3, 0.4) is 0 Å². The molecule has 1 atom stereocenters. The molecule has 0 spiro atoms. The Morgan fingerprint density at radius 2 is 2.00 bits per heavy atom. The number of rotatable bonds is 5. The molecule has 1 rings (SSSR count). The van der Waals surface area contributed by atoms with Crippen LogP contribution in [-0.4, -0.2) is 16.9 Å². The normalized spacial score (nSPS) is 12.9. The Bertz CT molecular complexity index is 249. The van der Waals surface area contributed by atoms with Gasteiger partial charge in [0.05, 0.1) is 5.38 Å². The third-order valence-electron chi connectivity index (χ3n) is 1.94. The minimum Gasteiger partial charge on any atom is -0.383 e. The van der Waals surface area contributed by atoms with E-state index in [1.54, 1.807) is 12.4 Å². The van der Waals surface area contributed by atoms with Crippen molar-refractivity contribution < 1.29 is 0 Å². The maximum absolute atomic E-state index is 6.15. The van der Waals surface area contributed by atoms with Crippen molar-refractivity contribution >= 4 is 17.3 Å². The van der Waals surface area contributed by atoms with E-state index in [4.69, 9.17) is 11.6 Å². The molecule has 1 heterocycles. The molecule has 0 fully saturated rings. The van der Waals surface area contributed by atoms with Gasteiger partial charge in [0.25, 0.3) is 0 Å². The number of hydrogen-bond acceptors (Lipinski definition) is 2. The summed E-state index contributed by atoms with van der Waals surface area (Å²) in [6, 6.07) is 3.89. The van der Waals surface area contributed by atoms with Crippen molar-refractivity contribution in [1.82, 2.24) is 4.98 Å². The molecule has 0 amide bonds. The number of alkyl halides is 1. The van der Waals surface area contributed by atoms with Crippen LogP contribution in [-0.2, 0) is 0 Å². The van der Waals surface area contributed by atoms with Gasteiger partial charge >= 0.3 is 0 Å². The third kappa shape index (κ3) is 4.47. The van der Waals surface area contributed by atoms with Gasteiger partial charge in [-0.2, -0.15) is 0 Å². The average Bonchev–Trinajstić information content (AvgIpc) is 2.15. The van der Waals surface area contributed by atoms with Gasteiger partial charge in [-0.1, -0.05) is 13.8 Å². The molecule has 1 N–H and O–H groups in total. The Kier molecular flexibility index (Phi) is 4.74.